The predicted molar refractivity (Wildman–Crippen MR) is 119 cm³/mol. The van der Waals surface area contributed by atoms with E-state index in [1.165, 1.54) is 5.56 Å². The van der Waals surface area contributed by atoms with Gasteiger partial charge in [-0.2, -0.15) is 0 Å². The minimum absolute atomic E-state index is 0.231. The Bertz CT molecular complexity index is 823. The number of methoxy groups -OCH3 is 2. The highest BCUT2D eigenvalue weighted by atomic mass is 32.1. The van der Waals surface area contributed by atoms with Gasteiger partial charge in [-0.05, 0) is 66.4 Å². The first-order valence-corrected chi connectivity index (χ1v) is 9.97. The molecule has 7 heteroatoms. The molecule has 29 heavy (non-hydrogen) atoms. The van der Waals surface area contributed by atoms with Crippen molar-refractivity contribution in [2.75, 3.05) is 20.8 Å². The Morgan fingerprint density at radius 1 is 0.966 bits per heavy atom. The molecular weight excluding hydrogens is 386 g/mol. The highest BCUT2D eigenvalue weighted by Crippen LogP contribution is 2.27. The largest absolute Gasteiger partial charge is 0.493 e. The number of rotatable bonds is 8. The number of nitrogens with one attached hydrogen (secondary N) is 3. The molecule has 0 aliphatic rings. The summed E-state index contributed by atoms with van der Waals surface area (Å²) in [5, 5.41) is 3.43. The fourth-order valence-corrected chi connectivity index (χ4v) is 3.00. The molecule has 6 nitrogen and oxygen atoms in total. The van der Waals surface area contributed by atoms with Crippen LogP contribution in [0.25, 0.3) is 0 Å². The Morgan fingerprint density at radius 3 is 2.24 bits per heavy atom. The molecule has 156 valence electrons. The second-order valence-corrected chi connectivity index (χ2v) is 7.48. The lowest BCUT2D eigenvalue weighted by Gasteiger charge is -2.13. The van der Waals surface area contributed by atoms with Crippen molar-refractivity contribution in [2.45, 2.75) is 26.7 Å². The number of hydrogen-bond acceptors (Lipinski definition) is 4. The summed E-state index contributed by atoms with van der Waals surface area (Å²) in [4.78, 5) is 12.2. The van der Waals surface area contributed by atoms with Gasteiger partial charge in [-0.1, -0.05) is 32.0 Å². The van der Waals surface area contributed by atoms with Crippen LogP contribution in [-0.2, 0) is 12.8 Å². The van der Waals surface area contributed by atoms with Crippen LogP contribution in [0, 0.1) is 5.92 Å². The van der Waals surface area contributed by atoms with Gasteiger partial charge in [0.05, 0.1) is 14.2 Å². The maximum absolute atomic E-state index is 12.2. The molecule has 0 atom stereocenters. The summed E-state index contributed by atoms with van der Waals surface area (Å²) in [6, 6.07) is 13.4. The Labute approximate surface area is 178 Å². The van der Waals surface area contributed by atoms with E-state index >= 15 is 0 Å². The van der Waals surface area contributed by atoms with Gasteiger partial charge in [0.1, 0.15) is 0 Å². The van der Waals surface area contributed by atoms with Gasteiger partial charge in [-0.25, -0.2) is 0 Å². The van der Waals surface area contributed by atoms with Gasteiger partial charge in [0, 0.05) is 12.1 Å². The van der Waals surface area contributed by atoms with Crippen LogP contribution in [0.3, 0.4) is 0 Å². The average Bonchev–Trinajstić information content (AvgIpc) is 2.72. The molecule has 0 aliphatic carbocycles. The lowest BCUT2D eigenvalue weighted by atomic mass is 10.0. The van der Waals surface area contributed by atoms with Crippen molar-refractivity contribution in [1.29, 1.82) is 0 Å². The second-order valence-electron chi connectivity index (χ2n) is 7.07. The molecule has 2 aromatic carbocycles. The Hall–Kier alpha value is -2.80. The van der Waals surface area contributed by atoms with Crippen LogP contribution in [0.5, 0.6) is 11.5 Å². The van der Waals surface area contributed by atoms with E-state index in [1.54, 1.807) is 14.2 Å². The molecule has 0 spiro atoms. The van der Waals surface area contributed by atoms with Crippen molar-refractivity contribution >= 4 is 23.2 Å². The summed E-state index contributed by atoms with van der Waals surface area (Å²) in [5.41, 5.74) is 8.23. The molecule has 0 fully saturated rings. The fraction of sp³-hybridized carbons (Fsp3) is 0.364. The summed E-state index contributed by atoms with van der Waals surface area (Å²) < 4.78 is 10.5. The van der Waals surface area contributed by atoms with Gasteiger partial charge >= 0.3 is 0 Å². The molecule has 0 heterocycles. The third kappa shape index (κ3) is 7.27. The van der Waals surface area contributed by atoms with Gasteiger partial charge in [-0.15, -0.1) is 0 Å². The summed E-state index contributed by atoms with van der Waals surface area (Å²) >= 11 is 5.21. The van der Waals surface area contributed by atoms with Gasteiger partial charge in [0.2, 0.25) is 0 Å². The molecule has 0 saturated heterocycles. The van der Waals surface area contributed by atoms with Crippen molar-refractivity contribution in [3.8, 4) is 11.5 Å². The van der Waals surface area contributed by atoms with Crippen molar-refractivity contribution in [3.05, 3.63) is 59.2 Å². The third-order valence-electron chi connectivity index (χ3n) is 4.30. The highest BCUT2D eigenvalue weighted by Gasteiger charge is 2.07. The minimum atomic E-state index is -0.231. The van der Waals surface area contributed by atoms with Crippen molar-refractivity contribution < 1.29 is 14.3 Å². The number of carbonyl (C=O) groups excluding carboxylic acids is 1. The topological polar surface area (TPSA) is 71.6 Å². The van der Waals surface area contributed by atoms with Gasteiger partial charge in [0.25, 0.3) is 5.91 Å². The zero-order valence-corrected chi connectivity index (χ0v) is 18.2. The molecule has 3 N–H and O–H groups in total. The lowest BCUT2D eigenvalue weighted by Crippen LogP contribution is -2.47. The van der Waals surface area contributed by atoms with E-state index in [0.29, 0.717) is 34.6 Å². The number of benzene rings is 2. The highest BCUT2D eigenvalue weighted by molar-refractivity contribution is 7.80. The first-order valence-electron chi connectivity index (χ1n) is 9.57. The number of carbonyl (C=O) groups is 1. The van der Waals surface area contributed by atoms with E-state index in [4.69, 9.17) is 21.7 Å². The van der Waals surface area contributed by atoms with Crippen LogP contribution in [0.2, 0.25) is 0 Å². The van der Waals surface area contributed by atoms with E-state index in [2.05, 4.69) is 30.0 Å². The van der Waals surface area contributed by atoms with Crippen LogP contribution < -0.4 is 25.6 Å². The molecule has 0 aliphatic heterocycles. The quantitative estimate of drug-likeness (QED) is 0.454. The van der Waals surface area contributed by atoms with Crippen LogP contribution in [0.1, 0.15) is 35.3 Å². The molecule has 0 radical (unpaired) electrons. The van der Waals surface area contributed by atoms with E-state index in [1.807, 2.05) is 42.5 Å². The van der Waals surface area contributed by atoms with Crippen molar-refractivity contribution in [3.63, 3.8) is 0 Å². The SMILES string of the molecule is COc1ccc(CCNC(=S)NNC(=O)c2ccc(CC(C)C)cc2)cc1OC. The Morgan fingerprint density at radius 2 is 1.62 bits per heavy atom. The van der Waals surface area contributed by atoms with E-state index < -0.39 is 0 Å². The smallest absolute Gasteiger partial charge is 0.269 e. The van der Waals surface area contributed by atoms with Gasteiger partial charge in [0.15, 0.2) is 16.6 Å². The second kappa shape index (κ2) is 11.3. The Balaban J connectivity index is 1.74. The minimum Gasteiger partial charge on any atom is -0.493 e. The molecular formula is C22H29N3O3S. The third-order valence-corrected chi connectivity index (χ3v) is 4.54. The van der Waals surface area contributed by atoms with Gasteiger partial charge in [-0.3, -0.25) is 15.6 Å². The van der Waals surface area contributed by atoms with Crippen LogP contribution >= 0.6 is 12.2 Å². The molecule has 0 aromatic heterocycles. The first kappa shape index (κ1) is 22.5. The molecule has 2 aromatic rings. The Kier molecular flexibility index (Phi) is 8.73. The maximum atomic E-state index is 12.2. The normalized spacial score (nSPS) is 10.4. The predicted octanol–water partition coefficient (Wildman–Crippen LogP) is 3.25. The van der Waals surface area contributed by atoms with E-state index in [-0.39, 0.29) is 5.91 Å². The van der Waals surface area contributed by atoms with Gasteiger partial charge < -0.3 is 14.8 Å². The average molecular weight is 416 g/mol. The maximum Gasteiger partial charge on any atom is 0.269 e. The van der Waals surface area contributed by atoms with Crippen LogP contribution in [-0.4, -0.2) is 31.8 Å². The number of ether oxygens (including phenoxy) is 2. The summed E-state index contributed by atoms with van der Waals surface area (Å²) in [7, 11) is 3.22. The first-order chi connectivity index (χ1) is 13.9. The summed E-state index contributed by atoms with van der Waals surface area (Å²) in [6.07, 6.45) is 1.74. The van der Waals surface area contributed by atoms with Crippen molar-refractivity contribution in [1.82, 2.24) is 16.2 Å². The zero-order valence-electron chi connectivity index (χ0n) is 17.4. The molecule has 2 rings (SSSR count). The molecule has 0 saturated carbocycles. The monoisotopic (exact) mass is 415 g/mol. The van der Waals surface area contributed by atoms with Crippen molar-refractivity contribution in [2.24, 2.45) is 5.92 Å². The lowest BCUT2D eigenvalue weighted by molar-refractivity contribution is 0.0943. The summed E-state index contributed by atoms with van der Waals surface area (Å²) in [5.74, 6) is 1.74. The van der Waals surface area contributed by atoms with Crippen LogP contribution in [0.4, 0.5) is 0 Å². The standard InChI is InChI=1S/C22H29N3O3S/c1-15(2)13-16-5-8-18(9-6-16)21(26)24-25-22(29)23-12-11-17-7-10-19(27-3)20(14-17)28-4/h5-10,14-15H,11-13H2,1-4H3,(H,24,26)(H2,23,25,29). The summed E-state index contributed by atoms with van der Waals surface area (Å²) in [6.45, 7) is 4.95. The van der Waals surface area contributed by atoms with E-state index in [0.717, 1.165) is 18.4 Å². The number of thiocarbonyl (C=S) groups is 1. The molecule has 0 unspecified atom stereocenters. The van der Waals surface area contributed by atoms with Crippen LogP contribution in [0.15, 0.2) is 42.5 Å². The fourth-order valence-electron chi connectivity index (χ4n) is 2.85. The zero-order chi connectivity index (χ0) is 21.2. The number of hydrogen-bond donors (Lipinski definition) is 3. The number of hydrazine groups is 1. The molecule has 0 bridgehead atoms. The number of amides is 1. The van der Waals surface area contributed by atoms with E-state index in [9.17, 15) is 4.79 Å². The molecule has 1 amide bonds.